The lowest BCUT2D eigenvalue weighted by molar-refractivity contribution is -0.119. The van der Waals surface area contributed by atoms with E-state index in [4.69, 9.17) is 5.26 Å². The molecule has 1 fully saturated rings. The van der Waals surface area contributed by atoms with Crippen molar-refractivity contribution in [2.75, 3.05) is 6.54 Å². The van der Waals surface area contributed by atoms with Crippen molar-refractivity contribution in [3.05, 3.63) is 23.5 Å². The lowest BCUT2D eigenvalue weighted by Gasteiger charge is -2.08. The summed E-state index contributed by atoms with van der Waals surface area (Å²) in [5, 5.41) is 13.9. The number of amides is 2. The summed E-state index contributed by atoms with van der Waals surface area (Å²) in [5.74, 6) is -0.363. The maximum atomic E-state index is 11.6. The quantitative estimate of drug-likeness (QED) is 0.624. The number of carbonyl (C=O) groups excluding carboxylic acids is 2. The molecule has 1 aliphatic heterocycles. The summed E-state index contributed by atoms with van der Waals surface area (Å²) in [5.41, 5.74) is 0.738. The van der Waals surface area contributed by atoms with Crippen molar-refractivity contribution in [3.8, 4) is 6.07 Å². The minimum Gasteiger partial charge on any atom is -0.356 e. The van der Waals surface area contributed by atoms with Crippen LogP contribution in [0.3, 0.4) is 0 Å². The zero-order valence-electron chi connectivity index (χ0n) is 8.41. The van der Waals surface area contributed by atoms with Crippen LogP contribution in [0.5, 0.6) is 0 Å². The molecule has 1 atom stereocenters. The van der Waals surface area contributed by atoms with Crippen molar-refractivity contribution < 1.29 is 9.59 Å². The number of H-pyrrole nitrogens is 1. The molecule has 2 amide bonds. The molecule has 2 rings (SSSR count). The molecule has 0 aliphatic carbocycles. The van der Waals surface area contributed by atoms with E-state index in [0.717, 1.165) is 0 Å². The largest absolute Gasteiger partial charge is 0.356 e. The van der Waals surface area contributed by atoms with Crippen LogP contribution in [0.15, 0.2) is 12.3 Å². The van der Waals surface area contributed by atoms with Gasteiger partial charge in [-0.25, -0.2) is 0 Å². The van der Waals surface area contributed by atoms with Crippen LogP contribution in [0.25, 0.3) is 0 Å². The second-order valence-electron chi connectivity index (χ2n) is 3.59. The smallest absolute Gasteiger partial charge is 0.268 e. The highest BCUT2D eigenvalue weighted by Crippen LogP contribution is 2.04. The molecule has 16 heavy (non-hydrogen) atoms. The number of nitrogens with one attached hydrogen (secondary N) is 3. The Morgan fingerprint density at radius 3 is 3.00 bits per heavy atom. The van der Waals surface area contributed by atoms with Gasteiger partial charge in [0.2, 0.25) is 5.91 Å². The molecule has 3 N–H and O–H groups in total. The number of hydrogen-bond acceptors (Lipinski definition) is 3. The van der Waals surface area contributed by atoms with Crippen molar-refractivity contribution in [2.24, 2.45) is 0 Å². The van der Waals surface area contributed by atoms with Crippen LogP contribution in [0.4, 0.5) is 0 Å². The number of nitrogens with zero attached hydrogens (tertiary/aromatic N) is 1. The van der Waals surface area contributed by atoms with Gasteiger partial charge in [0.05, 0.1) is 11.6 Å². The average molecular weight is 218 g/mol. The highest BCUT2D eigenvalue weighted by atomic mass is 16.2. The third-order valence-corrected chi connectivity index (χ3v) is 2.37. The molecule has 6 nitrogen and oxygen atoms in total. The van der Waals surface area contributed by atoms with Crippen LogP contribution in [0.1, 0.15) is 22.5 Å². The third kappa shape index (κ3) is 2.03. The van der Waals surface area contributed by atoms with Gasteiger partial charge in [0.25, 0.3) is 5.91 Å². The highest BCUT2D eigenvalue weighted by molar-refractivity contribution is 5.93. The maximum Gasteiger partial charge on any atom is 0.268 e. The average Bonchev–Trinajstić information content (AvgIpc) is 2.87. The Morgan fingerprint density at radius 2 is 2.44 bits per heavy atom. The minimum absolute atomic E-state index is 0.0606. The predicted octanol–water partition coefficient (Wildman–Crippen LogP) is -0.495. The molecular weight excluding hydrogens is 208 g/mol. The minimum atomic E-state index is -0.303. The summed E-state index contributed by atoms with van der Waals surface area (Å²) in [7, 11) is 0. The lowest BCUT2D eigenvalue weighted by atomic mass is 10.2. The number of carbonyl (C=O) groups is 2. The second kappa shape index (κ2) is 4.06. The van der Waals surface area contributed by atoms with E-state index in [1.165, 1.54) is 12.3 Å². The van der Waals surface area contributed by atoms with Gasteiger partial charge in [-0.05, 0) is 6.07 Å². The van der Waals surface area contributed by atoms with E-state index >= 15 is 0 Å². The molecule has 82 valence electrons. The molecule has 0 saturated carbocycles. The van der Waals surface area contributed by atoms with E-state index in [1.54, 1.807) is 0 Å². The fourth-order valence-electron chi connectivity index (χ4n) is 1.56. The molecule has 1 saturated heterocycles. The summed E-state index contributed by atoms with van der Waals surface area (Å²) < 4.78 is 0. The highest BCUT2D eigenvalue weighted by Gasteiger charge is 2.23. The van der Waals surface area contributed by atoms with Crippen LogP contribution in [-0.4, -0.2) is 29.4 Å². The summed E-state index contributed by atoms with van der Waals surface area (Å²) >= 11 is 0. The third-order valence-electron chi connectivity index (χ3n) is 2.37. The Labute approximate surface area is 91.6 Å². The van der Waals surface area contributed by atoms with Crippen molar-refractivity contribution in [3.63, 3.8) is 0 Å². The van der Waals surface area contributed by atoms with Gasteiger partial charge in [-0.1, -0.05) is 0 Å². The van der Waals surface area contributed by atoms with Crippen molar-refractivity contribution >= 4 is 11.8 Å². The van der Waals surface area contributed by atoms with Crippen molar-refractivity contribution in [1.82, 2.24) is 15.6 Å². The van der Waals surface area contributed by atoms with Gasteiger partial charge < -0.3 is 15.6 Å². The molecule has 0 bridgehead atoms. The van der Waals surface area contributed by atoms with Gasteiger partial charge in [0.15, 0.2) is 0 Å². The van der Waals surface area contributed by atoms with Gasteiger partial charge >= 0.3 is 0 Å². The standard InChI is InChI=1S/C10H10N4O2/c11-3-6-1-8(12-4-6)10(16)14-7-2-9(15)13-5-7/h1,4,7,12H,2,5H2,(H,13,15)(H,14,16)/t7-/m1/s1. The Hall–Kier alpha value is -2.29. The van der Waals surface area contributed by atoms with Crippen LogP contribution in [0.2, 0.25) is 0 Å². The van der Waals surface area contributed by atoms with E-state index in [1.807, 2.05) is 6.07 Å². The molecule has 6 heteroatoms. The van der Waals surface area contributed by atoms with Crippen LogP contribution in [-0.2, 0) is 4.79 Å². The molecule has 1 aromatic heterocycles. The topological polar surface area (TPSA) is 97.8 Å². The van der Waals surface area contributed by atoms with Gasteiger partial charge in [-0.15, -0.1) is 0 Å². The molecule has 2 heterocycles. The van der Waals surface area contributed by atoms with Crippen molar-refractivity contribution in [1.29, 1.82) is 5.26 Å². The maximum absolute atomic E-state index is 11.6. The Bertz CT molecular complexity index is 471. The van der Waals surface area contributed by atoms with Gasteiger partial charge in [0.1, 0.15) is 11.8 Å². The molecule has 1 aromatic rings. The van der Waals surface area contributed by atoms with Gasteiger partial charge in [-0.2, -0.15) is 5.26 Å². The Morgan fingerprint density at radius 1 is 1.62 bits per heavy atom. The number of aromatic nitrogens is 1. The van der Waals surface area contributed by atoms with E-state index in [2.05, 4.69) is 15.6 Å². The molecule has 0 radical (unpaired) electrons. The summed E-state index contributed by atoms with van der Waals surface area (Å²) in [6.45, 7) is 0.455. The first-order valence-electron chi connectivity index (χ1n) is 4.85. The molecular formula is C10H10N4O2. The number of nitriles is 1. The Balaban J connectivity index is 1.98. The first kappa shape index (κ1) is 10.2. The first-order valence-corrected chi connectivity index (χ1v) is 4.85. The summed E-state index contributed by atoms with van der Waals surface area (Å²) in [4.78, 5) is 25.3. The molecule has 0 unspecified atom stereocenters. The van der Waals surface area contributed by atoms with Crippen molar-refractivity contribution in [2.45, 2.75) is 12.5 Å². The van der Waals surface area contributed by atoms with Crippen LogP contribution in [0, 0.1) is 11.3 Å². The van der Waals surface area contributed by atoms with Gasteiger partial charge in [-0.3, -0.25) is 9.59 Å². The first-order chi connectivity index (χ1) is 7.69. The van der Waals surface area contributed by atoms with E-state index < -0.39 is 0 Å². The normalized spacial score (nSPS) is 18.9. The Kier molecular flexibility index (Phi) is 2.60. The zero-order chi connectivity index (χ0) is 11.5. The lowest BCUT2D eigenvalue weighted by Crippen LogP contribution is -2.36. The second-order valence-corrected chi connectivity index (χ2v) is 3.59. The van der Waals surface area contributed by atoms with Crippen LogP contribution >= 0.6 is 0 Å². The number of aromatic amines is 1. The van der Waals surface area contributed by atoms with Gasteiger partial charge in [0, 0.05) is 19.2 Å². The molecule has 0 aromatic carbocycles. The summed E-state index contributed by atoms with van der Waals surface area (Å²) in [6, 6.07) is 3.22. The fourth-order valence-corrected chi connectivity index (χ4v) is 1.56. The fraction of sp³-hybridized carbons (Fsp3) is 0.300. The van der Waals surface area contributed by atoms with E-state index in [-0.39, 0.29) is 17.9 Å². The summed E-state index contributed by atoms with van der Waals surface area (Å²) in [6.07, 6.45) is 1.77. The molecule has 0 spiro atoms. The SMILES string of the molecule is N#Cc1c[nH]c(C(=O)N[C@H]2CNC(=O)C2)c1. The molecule has 1 aliphatic rings. The zero-order valence-corrected chi connectivity index (χ0v) is 8.41. The monoisotopic (exact) mass is 218 g/mol. The van der Waals surface area contributed by atoms with Crippen LogP contribution < -0.4 is 10.6 Å². The number of rotatable bonds is 2. The predicted molar refractivity (Wildman–Crippen MR) is 54.4 cm³/mol. The van der Waals surface area contributed by atoms with E-state index in [9.17, 15) is 9.59 Å². The van der Waals surface area contributed by atoms with E-state index in [0.29, 0.717) is 24.2 Å². The number of hydrogen-bond donors (Lipinski definition) is 3.